The Balaban J connectivity index is 1.46. The van der Waals surface area contributed by atoms with Crippen LogP contribution in [0.2, 0.25) is 5.02 Å². The summed E-state index contributed by atoms with van der Waals surface area (Å²) in [6, 6.07) is 5.53. The van der Waals surface area contributed by atoms with Gasteiger partial charge in [0.25, 0.3) is 0 Å². The third-order valence-electron chi connectivity index (χ3n) is 5.16. The van der Waals surface area contributed by atoms with Crippen LogP contribution in [0.3, 0.4) is 0 Å². The summed E-state index contributed by atoms with van der Waals surface area (Å²) in [7, 11) is 1.56. The lowest BCUT2D eigenvalue weighted by Crippen LogP contribution is -2.50. The van der Waals surface area contributed by atoms with E-state index in [4.69, 9.17) is 16.3 Å². The Labute approximate surface area is 159 Å². The maximum atomic E-state index is 12.3. The number of carbonyl (C=O) groups excluding carboxylic acids is 2. The highest BCUT2D eigenvalue weighted by molar-refractivity contribution is 6.32. The van der Waals surface area contributed by atoms with E-state index in [-0.39, 0.29) is 5.91 Å². The summed E-state index contributed by atoms with van der Waals surface area (Å²) < 4.78 is 5.11. The van der Waals surface area contributed by atoms with Crippen molar-refractivity contribution < 1.29 is 14.3 Å². The molecule has 2 saturated heterocycles. The van der Waals surface area contributed by atoms with Gasteiger partial charge in [0.15, 0.2) is 0 Å². The van der Waals surface area contributed by atoms with Crippen molar-refractivity contribution in [3.8, 4) is 5.75 Å². The minimum absolute atomic E-state index is 0.0567. The molecule has 1 aromatic carbocycles. The smallest absolute Gasteiger partial charge is 0.238 e. The van der Waals surface area contributed by atoms with Crippen LogP contribution in [0.5, 0.6) is 5.75 Å². The molecule has 142 valence electrons. The first kappa shape index (κ1) is 19.0. The van der Waals surface area contributed by atoms with Crippen LogP contribution in [-0.2, 0) is 9.59 Å². The number of amides is 2. The Bertz CT molecular complexity index is 659. The van der Waals surface area contributed by atoms with Crippen molar-refractivity contribution in [1.29, 1.82) is 0 Å². The topological polar surface area (TPSA) is 61.9 Å². The summed E-state index contributed by atoms with van der Waals surface area (Å²) in [5.41, 5.74) is 0.662. The quantitative estimate of drug-likeness (QED) is 0.854. The molecular formula is C19H26ClN3O3. The number of hydrogen-bond acceptors (Lipinski definition) is 4. The number of anilines is 1. The van der Waals surface area contributed by atoms with Gasteiger partial charge in [-0.15, -0.1) is 0 Å². The molecule has 2 aliphatic heterocycles. The van der Waals surface area contributed by atoms with Gasteiger partial charge in [-0.25, -0.2) is 0 Å². The average molecular weight is 380 g/mol. The number of piperidine rings is 2. The fraction of sp³-hybridized carbons (Fsp3) is 0.579. The van der Waals surface area contributed by atoms with Gasteiger partial charge in [0, 0.05) is 37.8 Å². The number of ether oxygens (including phenoxy) is 1. The second-order valence-electron chi connectivity index (χ2n) is 6.95. The lowest BCUT2D eigenvalue weighted by molar-refractivity contribution is -0.137. The first-order valence-electron chi connectivity index (χ1n) is 9.22. The van der Waals surface area contributed by atoms with Gasteiger partial charge in [0.05, 0.1) is 18.7 Å². The van der Waals surface area contributed by atoms with E-state index in [0.717, 1.165) is 45.3 Å². The highest BCUT2D eigenvalue weighted by Crippen LogP contribution is 2.27. The van der Waals surface area contributed by atoms with Crippen molar-refractivity contribution in [2.75, 3.05) is 38.6 Å². The van der Waals surface area contributed by atoms with Crippen LogP contribution >= 0.6 is 11.6 Å². The van der Waals surface area contributed by atoms with Crippen LogP contribution in [0, 0.1) is 0 Å². The van der Waals surface area contributed by atoms with Crippen LogP contribution in [0.1, 0.15) is 32.1 Å². The zero-order valence-electron chi connectivity index (χ0n) is 15.2. The molecule has 3 rings (SSSR count). The molecule has 7 heteroatoms. The van der Waals surface area contributed by atoms with Gasteiger partial charge < -0.3 is 15.0 Å². The zero-order valence-corrected chi connectivity index (χ0v) is 15.9. The third-order valence-corrected chi connectivity index (χ3v) is 5.46. The first-order valence-corrected chi connectivity index (χ1v) is 9.60. The van der Waals surface area contributed by atoms with Crippen molar-refractivity contribution >= 4 is 29.1 Å². The van der Waals surface area contributed by atoms with Crippen LogP contribution < -0.4 is 10.1 Å². The number of carbonyl (C=O) groups is 2. The molecule has 2 aliphatic rings. The molecule has 0 atom stereocenters. The summed E-state index contributed by atoms with van der Waals surface area (Å²) in [4.78, 5) is 28.5. The number of hydrogen-bond donors (Lipinski definition) is 1. The van der Waals surface area contributed by atoms with Crippen molar-refractivity contribution in [3.05, 3.63) is 23.2 Å². The summed E-state index contributed by atoms with van der Waals surface area (Å²) in [5.74, 6) is 0.821. The van der Waals surface area contributed by atoms with Crippen molar-refractivity contribution in [2.45, 2.75) is 38.1 Å². The number of nitrogens with zero attached hydrogens (tertiary/aromatic N) is 2. The highest BCUT2D eigenvalue weighted by Gasteiger charge is 2.29. The molecule has 0 radical (unpaired) electrons. The van der Waals surface area contributed by atoms with E-state index in [1.54, 1.807) is 25.3 Å². The second-order valence-corrected chi connectivity index (χ2v) is 7.36. The fourth-order valence-corrected chi connectivity index (χ4v) is 4.01. The molecule has 0 unspecified atom stereocenters. The SMILES string of the molecule is COc1ccc(NC(=O)CN2CCC(N3CCCCC3=O)CC2)cc1Cl. The highest BCUT2D eigenvalue weighted by atomic mass is 35.5. The van der Waals surface area contributed by atoms with Gasteiger partial charge in [-0.05, 0) is 43.9 Å². The lowest BCUT2D eigenvalue weighted by atomic mass is 9.99. The summed E-state index contributed by atoms with van der Waals surface area (Å²) >= 11 is 6.09. The van der Waals surface area contributed by atoms with Crippen molar-refractivity contribution in [1.82, 2.24) is 9.80 Å². The molecule has 2 heterocycles. The third kappa shape index (κ3) is 4.68. The maximum Gasteiger partial charge on any atom is 0.238 e. The van der Waals surface area contributed by atoms with E-state index >= 15 is 0 Å². The Morgan fingerprint density at radius 2 is 2.04 bits per heavy atom. The van der Waals surface area contributed by atoms with Crippen LogP contribution in [0.4, 0.5) is 5.69 Å². The van der Waals surface area contributed by atoms with Crippen LogP contribution in [0.25, 0.3) is 0 Å². The standard InChI is InChI=1S/C19H26ClN3O3/c1-26-17-6-5-14(12-16(17)20)21-18(24)13-22-10-7-15(8-11-22)23-9-3-2-4-19(23)25/h5-6,12,15H,2-4,7-11,13H2,1H3,(H,21,24). The van der Waals surface area contributed by atoms with E-state index < -0.39 is 0 Å². The Kier molecular flexibility index (Phi) is 6.38. The van der Waals surface area contributed by atoms with Gasteiger partial charge >= 0.3 is 0 Å². The summed E-state index contributed by atoms with van der Waals surface area (Å²) in [6.07, 6.45) is 4.69. The van der Waals surface area contributed by atoms with Crippen molar-refractivity contribution in [3.63, 3.8) is 0 Å². The predicted octanol–water partition coefficient (Wildman–Crippen LogP) is 2.76. The predicted molar refractivity (Wildman–Crippen MR) is 102 cm³/mol. The number of nitrogens with one attached hydrogen (secondary N) is 1. The Hall–Kier alpha value is -1.79. The van der Waals surface area contributed by atoms with Gasteiger partial charge in [0.1, 0.15) is 5.75 Å². The number of likely N-dealkylation sites (tertiary alicyclic amines) is 2. The summed E-state index contributed by atoms with van der Waals surface area (Å²) in [6.45, 7) is 2.92. The largest absolute Gasteiger partial charge is 0.495 e. The number of rotatable bonds is 5. The van der Waals surface area contributed by atoms with Gasteiger partial charge in [0.2, 0.25) is 11.8 Å². The molecule has 26 heavy (non-hydrogen) atoms. The maximum absolute atomic E-state index is 12.3. The molecule has 6 nitrogen and oxygen atoms in total. The minimum Gasteiger partial charge on any atom is -0.495 e. The second kappa shape index (κ2) is 8.73. The molecule has 1 N–H and O–H groups in total. The molecule has 2 amide bonds. The van der Waals surface area contributed by atoms with E-state index in [0.29, 0.717) is 41.4 Å². The molecule has 0 spiro atoms. The van der Waals surface area contributed by atoms with Crippen molar-refractivity contribution in [2.24, 2.45) is 0 Å². The molecule has 0 bridgehead atoms. The molecule has 0 aliphatic carbocycles. The average Bonchev–Trinajstić information content (AvgIpc) is 2.63. The Morgan fingerprint density at radius 3 is 2.69 bits per heavy atom. The van der Waals surface area contributed by atoms with Gasteiger partial charge in [-0.3, -0.25) is 14.5 Å². The monoisotopic (exact) mass is 379 g/mol. The Morgan fingerprint density at radius 1 is 1.27 bits per heavy atom. The van der Waals surface area contributed by atoms with E-state index in [9.17, 15) is 9.59 Å². The molecule has 1 aromatic rings. The van der Waals surface area contributed by atoms with Crippen LogP contribution in [-0.4, -0.2) is 60.9 Å². The minimum atomic E-state index is -0.0567. The van der Waals surface area contributed by atoms with Crippen LogP contribution in [0.15, 0.2) is 18.2 Å². The molecule has 0 aromatic heterocycles. The normalized spacial score (nSPS) is 19.5. The fourth-order valence-electron chi connectivity index (χ4n) is 3.75. The number of halogens is 1. The first-order chi connectivity index (χ1) is 12.6. The van der Waals surface area contributed by atoms with E-state index in [1.807, 2.05) is 0 Å². The molecular weight excluding hydrogens is 354 g/mol. The number of benzene rings is 1. The van der Waals surface area contributed by atoms with Gasteiger partial charge in [-0.1, -0.05) is 11.6 Å². The van der Waals surface area contributed by atoms with E-state index in [2.05, 4.69) is 15.1 Å². The molecule has 2 fully saturated rings. The number of methoxy groups -OCH3 is 1. The van der Waals surface area contributed by atoms with E-state index in [1.165, 1.54) is 0 Å². The molecule has 0 saturated carbocycles. The van der Waals surface area contributed by atoms with Gasteiger partial charge in [-0.2, -0.15) is 0 Å². The summed E-state index contributed by atoms with van der Waals surface area (Å²) in [5, 5.41) is 3.35. The lowest BCUT2D eigenvalue weighted by Gasteiger charge is -2.40. The zero-order chi connectivity index (χ0) is 18.5.